The van der Waals surface area contributed by atoms with Crippen LogP contribution in [0.1, 0.15) is 26.7 Å². The third-order valence-electron chi connectivity index (χ3n) is 4.06. The molecule has 0 aromatic heterocycles. The van der Waals surface area contributed by atoms with Gasteiger partial charge in [-0.3, -0.25) is 0 Å². The van der Waals surface area contributed by atoms with E-state index in [4.69, 9.17) is 0 Å². The first-order valence-corrected chi connectivity index (χ1v) is 5.29. The first-order valence-electron chi connectivity index (χ1n) is 5.29. The Morgan fingerprint density at radius 2 is 2.14 bits per heavy atom. The van der Waals surface area contributed by atoms with Crippen LogP contribution in [0.25, 0.3) is 0 Å². The van der Waals surface area contributed by atoms with Crippen molar-refractivity contribution in [2.24, 2.45) is 21.6 Å². The zero-order valence-electron chi connectivity index (χ0n) is 9.03. The molecule has 2 bridgehead atoms. The molecular weight excluding hydrogens is 172 g/mol. The SMILES string of the molecule is C=C[C@@H]1[C@@H]2CC[C@@H](N=N2)[C@@]1(C)C(=C)C. The van der Waals surface area contributed by atoms with Crippen LogP contribution < -0.4 is 0 Å². The molecule has 2 aliphatic heterocycles. The van der Waals surface area contributed by atoms with E-state index in [0.717, 1.165) is 12.8 Å². The van der Waals surface area contributed by atoms with Gasteiger partial charge in [-0.1, -0.05) is 25.2 Å². The minimum atomic E-state index is 0.0897. The van der Waals surface area contributed by atoms with E-state index in [1.807, 2.05) is 6.08 Å². The van der Waals surface area contributed by atoms with Gasteiger partial charge < -0.3 is 0 Å². The molecule has 1 aliphatic carbocycles. The van der Waals surface area contributed by atoms with Gasteiger partial charge in [-0.25, -0.2) is 0 Å². The maximum atomic E-state index is 4.39. The fourth-order valence-electron chi connectivity index (χ4n) is 2.87. The molecule has 0 aromatic carbocycles. The molecule has 2 heteroatoms. The molecule has 2 heterocycles. The third-order valence-corrected chi connectivity index (χ3v) is 4.06. The molecule has 14 heavy (non-hydrogen) atoms. The first-order chi connectivity index (χ1) is 6.60. The number of hydrogen-bond donors (Lipinski definition) is 0. The average Bonchev–Trinajstić information content (AvgIpc) is 2.19. The number of hydrogen-bond acceptors (Lipinski definition) is 2. The van der Waals surface area contributed by atoms with Gasteiger partial charge in [-0.2, -0.15) is 10.2 Å². The first kappa shape index (κ1) is 9.63. The molecule has 2 nitrogen and oxygen atoms in total. The number of rotatable bonds is 2. The molecular formula is C12H18N2. The largest absolute Gasteiger partial charge is 0.190 e. The Balaban J connectivity index is 2.45. The summed E-state index contributed by atoms with van der Waals surface area (Å²) in [4.78, 5) is 0. The van der Waals surface area contributed by atoms with E-state index in [9.17, 15) is 0 Å². The van der Waals surface area contributed by atoms with Gasteiger partial charge in [0, 0.05) is 11.3 Å². The maximum absolute atomic E-state index is 4.39. The van der Waals surface area contributed by atoms with Gasteiger partial charge in [0.2, 0.25) is 0 Å². The van der Waals surface area contributed by atoms with Crippen LogP contribution in [0.2, 0.25) is 0 Å². The maximum Gasteiger partial charge on any atom is 0.0805 e. The lowest BCUT2D eigenvalue weighted by molar-refractivity contribution is 0.104. The van der Waals surface area contributed by atoms with Crippen molar-refractivity contribution in [1.82, 2.24) is 0 Å². The third kappa shape index (κ3) is 1.03. The summed E-state index contributed by atoms with van der Waals surface area (Å²) in [5.41, 5.74) is 1.31. The Kier molecular flexibility index (Phi) is 2.09. The lowest BCUT2D eigenvalue weighted by Crippen LogP contribution is -2.50. The fraction of sp³-hybridized carbons (Fsp3) is 0.667. The van der Waals surface area contributed by atoms with Crippen molar-refractivity contribution in [3.63, 3.8) is 0 Å². The van der Waals surface area contributed by atoms with Crippen molar-refractivity contribution in [1.29, 1.82) is 0 Å². The smallest absolute Gasteiger partial charge is 0.0805 e. The zero-order chi connectivity index (χ0) is 10.3. The molecule has 0 amide bonds. The second kappa shape index (κ2) is 3.04. The van der Waals surface area contributed by atoms with Gasteiger partial charge in [-0.05, 0) is 19.8 Å². The highest BCUT2D eigenvalue weighted by Gasteiger charge is 2.50. The summed E-state index contributed by atoms with van der Waals surface area (Å²) in [6, 6.07) is 0.673. The molecule has 76 valence electrons. The summed E-state index contributed by atoms with van der Waals surface area (Å²) in [6.07, 6.45) is 4.36. The van der Waals surface area contributed by atoms with Crippen LogP contribution >= 0.6 is 0 Å². The Morgan fingerprint density at radius 1 is 1.43 bits per heavy atom. The Hall–Kier alpha value is -0.920. The van der Waals surface area contributed by atoms with Crippen molar-refractivity contribution in [2.45, 2.75) is 38.8 Å². The number of azo groups is 1. The molecule has 0 N–H and O–H groups in total. The second-order valence-electron chi connectivity index (χ2n) is 4.72. The van der Waals surface area contributed by atoms with Crippen LogP contribution in [0, 0.1) is 11.3 Å². The highest BCUT2D eigenvalue weighted by atomic mass is 15.2. The molecule has 4 atom stereocenters. The van der Waals surface area contributed by atoms with Crippen LogP contribution in [-0.4, -0.2) is 12.1 Å². The summed E-state index contributed by atoms with van der Waals surface area (Å²) in [5.74, 6) is 0.427. The molecule has 0 radical (unpaired) electrons. The lowest BCUT2D eigenvalue weighted by Gasteiger charge is -2.50. The van der Waals surface area contributed by atoms with E-state index in [0.29, 0.717) is 18.0 Å². The lowest BCUT2D eigenvalue weighted by atomic mass is 9.59. The quantitative estimate of drug-likeness (QED) is 0.596. The molecule has 0 spiro atoms. The van der Waals surface area contributed by atoms with Crippen LogP contribution in [0.5, 0.6) is 0 Å². The molecule has 0 aromatic rings. The molecule has 1 saturated carbocycles. The van der Waals surface area contributed by atoms with E-state index in [-0.39, 0.29) is 5.41 Å². The topological polar surface area (TPSA) is 24.7 Å². The standard InChI is InChI=1S/C12H18N2/c1-5-9-10-6-7-11(14-13-10)12(9,4)8(2)3/h5,9-11H,1-2,6-7H2,3-4H3/t9-,10+,11-,12+/m1/s1. The molecule has 0 unspecified atom stereocenters. The normalized spacial score (nSPS) is 45.1. The van der Waals surface area contributed by atoms with E-state index in [1.165, 1.54) is 5.57 Å². The van der Waals surface area contributed by atoms with E-state index in [1.54, 1.807) is 0 Å². The molecule has 1 fully saturated rings. The summed E-state index contributed by atoms with van der Waals surface area (Å²) < 4.78 is 0. The minimum Gasteiger partial charge on any atom is -0.190 e. The number of nitrogens with zero attached hydrogens (tertiary/aromatic N) is 2. The van der Waals surface area contributed by atoms with Gasteiger partial charge in [0.1, 0.15) is 0 Å². The molecule has 0 saturated heterocycles. The fourth-order valence-corrected chi connectivity index (χ4v) is 2.87. The van der Waals surface area contributed by atoms with E-state index < -0.39 is 0 Å². The molecule has 3 rings (SSSR count). The predicted octanol–water partition coefficient (Wildman–Crippen LogP) is 3.37. The Morgan fingerprint density at radius 3 is 2.50 bits per heavy atom. The summed E-state index contributed by atoms with van der Waals surface area (Å²) in [6.45, 7) is 12.4. The van der Waals surface area contributed by atoms with Gasteiger partial charge >= 0.3 is 0 Å². The van der Waals surface area contributed by atoms with Gasteiger partial charge in [0.25, 0.3) is 0 Å². The van der Waals surface area contributed by atoms with Crippen LogP contribution in [-0.2, 0) is 0 Å². The van der Waals surface area contributed by atoms with E-state index >= 15 is 0 Å². The average molecular weight is 190 g/mol. The highest BCUT2D eigenvalue weighted by Crippen LogP contribution is 2.51. The van der Waals surface area contributed by atoms with Gasteiger partial charge in [0.05, 0.1) is 12.1 Å². The van der Waals surface area contributed by atoms with Crippen LogP contribution in [0.3, 0.4) is 0 Å². The number of fused-ring (bicyclic) bond motifs is 2. The second-order valence-corrected chi connectivity index (χ2v) is 4.72. The van der Waals surface area contributed by atoms with Crippen molar-refractivity contribution in [3.8, 4) is 0 Å². The van der Waals surface area contributed by atoms with Gasteiger partial charge in [-0.15, -0.1) is 6.58 Å². The van der Waals surface area contributed by atoms with Crippen molar-refractivity contribution in [3.05, 3.63) is 24.8 Å². The Bertz CT molecular complexity index is 305. The van der Waals surface area contributed by atoms with Crippen LogP contribution in [0.4, 0.5) is 0 Å². The molecule has 3 aliphatic rings. The van der Waals surface area contributed by atoms with Crippen LogP contribution in [0.15, 0.2) is 35.0 Å². The van der Waals surface area contributed by atoms with Gasteiger partial charge in [0.15, 0.2) is 0 Å². The predicted molar refractivity (Wildman–Crippen MR) is 58.3 cm³/mol. The van der Waals surface area contributed by atoms with E-state index in [2.05, 4.69) is 37.2 Å². The summed E-state index contributed by atoms with van der Waals surface area (Å²) in [5, 5.41) is 8.73. The monoisotopic (exact) mass is 190 g/mol. The minimum absolute atomic E-state index is 0.0897. The zero-order valence-corrected chi connectivity index (χ0v) is 9.03. The Labute approximate surface area is 85.8 Å². The summed E-state index contributed by atoms with van der Waals surface area (Å²) in [7, 11) is 0. The van der Waals surface area contributed by atoms with Crippen molar-refractivity contribution >= 4 is 0 Å². The summed E-state index contributed by atoms with van der Waals surface area (Å²) >= 11 is 0. The highest BCUT2D eigenvalue weighted by molar-refractivity contribution is 5.22. The van der Waals surface area contributed by atoms with Crippen molar-refractivity contribution < 1.29 is 0 Å². The van der Waals surface area contributed by atoms with Crippen molar-refractivity contribution in [2.75, 3.05) is 0 Å².